The van der Waals surface area contributed by atoms with E-state index in [0.29, 0.717) is 0 Å². The van der Waals surface area contributed by atoms with Gasteiger partial charge < -0.3 is 9.64 Å². The fourth-order valence-electron chi connectivity index (χ4n) is 2.52. The van der Waals surface area contributed by atoms with Crippen LogP contribution in [0, 0.1) is 6.92 Å². The number of ketones is 1. The van der Waals surface area contributed by atoms with E-state index >= 15 is 0 Å². The Balaban J connectivity index is 1.77. The molecule has 0 bridgehead atoms. The molecule has 1 aliphatic rings. The van der Waals surface area contributed by atoms with Gasteiger partial charge in [0.2, 0.25) is 0 Å². The third kappa shape index (κ3) is 3.14. The number of anilines is 1. The van der Waals surface area contributed by atoms with Crippen molar-refractivity contribution in [1.82, 2.24) is 0 Å². The number of carbonyl (C=O) groups is 1. The molecule has 0 radical (unpaired) electrons. The zero-order chi connectivity index (χ0) is 14.7. The van der Waals surface area contributed by atoms with Crippen LogP contribution in [0.4, 0.5) is 5.69 Å². The van der Waals surface area contributed by atoms with Crippen LogP contribution in [0.2, 0.25) is 0 Å². The minimum atomic E-state index is 0.0727. The molecule has 1 saturated heterocycles. The molecule has 2 aromatic carbocycles. The molecule has 0 spiro atoms. The summed E-state index contributed by atoms with van der Waals surface area (Å²) in [6.45, 7) is 5.37. The van der Waals surface area contributed by atoms with Gasteiger partial charge in [-0.25, -0.2) is 0 Å². The predicted molar refractivity (Wildman–Crippen MR) is 84.1 cm³/mol. The molecule has 21 heavy (non-hydrogen) atoms. The van der Waals surface area contributed by atoms with E-state index in [-0.39, 0.29) is 5.78 Å². The molecule has 3 rings (SSSR count). The number of benzene rings is 2. The highest BCUT2D eigenvalue weighted by Gasteiger charge is 2.13. The van der Waals surface area contributed by atoms with Crippen molar-refractivity contribution < 1.29 is 9.53 Å². The molecular formula is C18H19NO2. The molecule has 1 fully saturated rings. The molecule has 1 aliphatic heterocycles. The van der Waals surface area contributed by atoms with Crippen molar-refractivity contribution in [1.29, 1.82) is 0 Å². The highest BCUT2D eigenvalue weighted by Crippen LogP contribution is 2.18. The van der Waals surface area contributed by atoms with Crippen molar-refractivity contribution in [3.8, 4) is 0 Å². The Bertz CT molecular complexity index is 611. The van der Waals surface area contributed by atoms with Crippen molar-refractivity contribution in [3.05, 3.63) is 65.2 Å². The average Bonchev–Trinajstić information content (AvgIpc) is 2.56. The van der Waals surface area contributed by atoms with E-state index in [0.717, 1.165) is 48.7 Å². The van der Waals surface area contributed by atoms with E-state index in [1.807, 2.05) is 55.5 Å². The number of rotatable bonds is 3. The number of nitrogens with zero attached hydrogens (tertiary/aromatic N) is 1. The van der Waals surface area contributed by atoms with Crippen LogP contribution in [0.3, 0.4) is 0 Å². The van der Waals surface area contributed by atoms with Gasteiger partial charge >= 0.3 is 0 Å². The standard InChI is InChI=1S/C18H19NO2/c1-14-2-4-15(5-3-14)18(20)16-6-8-17(9-7-16)19-10-12-21-13-11-19/h2-9H,10-13H2,1H3. The Kier molecular flexibility index (Phi) is 4.02. The monoisotopic (exact) mass is 281 g/mol. The van der Waals surface area contributed by atoms with Crippen LogP contribution in [0.5, 0.6) is 0 Å². The second-order valence-electron chi connectivity index (χ2n) is 5.34. The summed E-state index contributed by atoms with van der Waals surface area (Å²) in [7, 11) is 0. The van der Waals surface area contributed by atoms with Crippen LogP contribution in [-0.4, -0.2) is 32.1 Å². The molecule has 108 valence electrons. The Hall–Kier alpha value is -2.13. The summed E-state index contributed by atoms with van der Waals surface area (Å²) in [5, 5.41) is 0. The Morgan fingerprint density at radius 3 is 2.00 bits per heavy atom. The van der Waals surface area contributed by atoms with Crippen molar-refractivity contribution in [2.45, 2.75) is 6.92 Å². The van der Waals surface area contributed by atoms with Gasteiger partial charge in [-0.05, 0) is 31.2 Å². The van der Waals surface area contributed by atoms with Gasteiger partial charge in [0.1, 0.15) is 0 Å². The van der Waals surface area contributed by atoms with Crippen LogP contribution in [0.25, 0.3) is 0 Å². The van der Waals surface area contributed by atoms with Crippen molar-refractivity contribution in [3.63, 3.8) is 0 Å². The van der Waals surface area contributed by atoms with E-state index in [4.69, 9.17) is 4.74 Å². The topological polar surface area (TPSA) is 29.5 Å². The van der Waals surface area contributed by atoms with Gasteiger partial charge in [-0.1, -0.05) is 29.8 Å². The molecule has 0 saturated carbocycles. The third-order valence-electron chi connectivity index (χ3n) is 3.82. The van der Waals surface area contributed by atoms with Crippen LogP contribution in [-0.2, 0) is 4.74 Å². The fraction of sp³-hybridized carbons (Fsp3) is 0.278. The van der Waals surface area contributed by atoms with Gasteiger partial charge in [0.05, 0.1) is 13.2 Å². The zero-order valence-electron chi connectivity index (χ0n) is 12.2. The van der Waals surface area contributed by atoms with Crippen molar-refractivity contribution in [2.75, 3.05) is 31.2 Å². The first kappa shape index (κ1) is 13.8. The van der Waals surface area contributed by atoms with Gasteiger partial charge in [0.25, 0.3) is 0 Å². The molecule has 0 amide bonds. The number of hydrogen-bond donors (Lipinski definition) is 0. The minimum Gasteiger partial charge on any atom is -0.378 e. The molecule has 0 aromatic heterocycles. The number of morpholine rings is 1. The highest BCUT2D eigenvalue weighted by atomic mass is 16.5. The van der Waals surface area contributed by atoms with E-state index in [1.54, 1.807) is 0 Å². The summed E-state index contributed by atoms with van der Waals surface area (Å²) in [4.78, 5) is 14.7. The number of ether oxygens (including phenoxy) is 1. The minimum absolute atomic E-state index is 0.0727. The lowest BCUT2D eigenvalue weighted by atomic mass is 10.0. The first-order valence-electron chi connectivity index (χ1n) is 7.28. The molecule has 0 N–H and O–H groups in total. The Morgan fingerprint density at radius 2 is 1.43 bits per heavy atom. The van der Waals surface area contributed by atoms with Crippen LogP contribution >= 0.6 is 0 Å². The van der Waals surface area contributed by atoms with E-state index in [2.05, 4.69) is 4.90 Å². The molecule has 2 aromatic rings. The molecule has 0 aliphatic carbocycles. The normalized spacial score (nSPS) is 15.0. The average molecular weight is 281 g/mol. The molecule has 3 heteroatoms. The van der Waals surface area contributed by atoms with Gasteiger partial charge in [-0.15, -0.1) is 0 Å². The second-order valence-corrected chi connectivity index (χ2v) is 5.34. The Labute approximate surface area is 125 Å². The predicted octanol–water partition coefficient (Wildman–Crippen LogP) is 3.06. The van der Waals surface area contributed by atoms with Crippen molar-refractivity contribution in [2.24, 2.45) is 0 Å². The summed E-state index contributed by atoms with van der Waals surface area (Å²) < 4.78 is 5.35. The smallest absolute Gasteiger partial charge is 0.193 e. The fourth-order valence-corrected chi connectivity index (χ4v) is 2.52. The first-order valence-corrected chi connectivity index (χ1v) is 7.28. The highest BCUT2D eigenvalue weighted by molar-refractivity contribution is 6.09. The second kappa shape index (κ2) is 6.10. The van der Waals surface area contributed by atoms with Gasteiger partial charge in [0.15, 0.2) is 5.78 Å². The Morgan fingerprint density at radius 1 is 0.905 bits per heavy atom. The van der Waals surface area contributed by atoms with Gasteiger partial charge in [-0.3, -0.25) is 4.79 Å². The quantitative estimate of drug-likeness (QED) is 0.810. The number of hydrogen-bond acceptors (Lipinski definition) is 3. The van der Waals surface area contributed by atoms with Crippen LogP contribution in [0.15, 0.2) is 48.5 Å². The van der Waals surface area contributed by atoms with Gasteiger partial charge in [-0.2, -0.15) is 0 Å². The molecule has 3 nitrogen and oxygen atoms in total. The maximum Gasteiger partial charge on any atom is 0.193 e. The lowest BCUT2D eigenvalue weighted by Gasteiger charge is -2.28. The van der Waals surface area contributed by atoms with E-state index in [1.165, 1.54) is 0 Å². The number of carbonyl (C=O) groups excluding carboxylic acids is 1. The van der Waals surface area contributed by atoms with E-state index < -0.39 is 0 Å². The van der Waals surface area contributed by atoms with Crippen LogP contribution in [0.1, 0.15) is 21.5 Å². The first-order chi connectivity index (χ1) is 10.2. The molecule has 1 heterocycles. The molecule has 0 atom stereocenters. The van der Waals surface area contributed by atoms with Crippen molar-refractivity contribution >= 4 is 11.5 Å². The maximum atomic E-state index is 12.4. The molecular weight excluding hydrogens is 262 g/mol. The lowest BCUT2D eigenvalue weighted by molar-refractivity contribution is 0.103. The van der Waals surface area contributed by atoms with E-state index in [9.17, 15) is 4.79 Å². The largest absolute Gasteiger partial charge is 0.378 e. The summed E-state index contributed by atoms with van der Waals surface area (Å²) in [5.74, 6) is 0.0727. The number of aryl methyl sites for hydroxylation is 1. The lowest BCUT2D eigenvalue weighted by Crippen LogP contribution is -2.36. The van der Waals surface area contributed by atoms with Gasteiger partial charge in [0, 0.05) is 29.9 Å². The third-order valence-corrected chi connectivity index (χ3v) is 3.82. The SMILES string of the molecule is Cc1ccc(C(=O)c2ccc(N3CCOCC3)cc2)cc1. The maximum absolute atomic E-state index is 12.4. The summed E-state index contributed by atoms with van der Waals surface area (Å²) >= 11 is 0. The summed E-state index contributed by atoms with van der Waals surface area (Å²) in [5.41, 5.74) is 3.78. The van der Waals surface area contributed by atoms with Crippen LogP contribution < -0.4 is 4.90 Å². The summed E-state index contributed by atoms with van der Waals surface area (Å²) in [6.07, 6.45) is 0. The zero-order valence-corrected chi connectivity index (χ0v) is 12.2. The summed E-state index contributed by atoms with van der Waals surface area (Å²) in [6, 6.07) is 15.6. The molecule has 0 unspecified atom stereocenters.